The Balaban J connectivity index is 1.46. The molecule has 2 atom stereocenters. The molecule has 0 aromatic heterocycles. The van der Waals surface area contributed by atoms with E-state index in [9.17, 15) is 53.5 Å². The Labute approximate surface area is 253 Å². The number of anilines is 1. The molecular weight excluding hydrogens is 637 g/mol. The number of alkyl halides is 6. The van der Waals surface area contributed by atoms with E-state index in [1.165, 1.54) is 12.1 Å². The van der Waals surface area contributed by atoms with Gasteiger partial charge in [0.1, 0.15) is 5.82 Å². The first-order valence-corrected chi connectivity index (χ1v) is 15.3. The van der Waals surface area contributed by atoms with Crippen molar-refractivity contribution < 1.29 is 53.5 Å². The second-order valence-electron chi connectivity index (χ2n) is 10.9. The number of nitrogens with one attached hydrogen (secondary N) is 3. The number of halogens is 7. The van der Waals surface area contributed by atoms with E-state index in [0.717, 1.165) is 18.2 Å². The number of sulfonamides is 1. The molecule has 1 saturated carbocycles. The normalized spacial score (nSPS) is 21.4. The third kappa shape index (κ3) is 8.11. The second-order valence-corrected chi connectivity index (χ2v) is 12.7. The van der Waals surface area contributed by atoms with Crippen molar-refractivity contribution in [2.75, 3.05) is 11.4 Å². The SMILES string of the molecule is C[C@@H](NC(=O)C1CCC(NS(=O)(=O)c2ccc3c(c2)C(NC(=O)C(F)(F)F)CCN3C(=O)C(F)(F)F)CC1)c1ccc(F)cc1. The van der Waals surface area contributed by atoms with Crippen LogP contribution >= 0.6 is 0 Å². The van der Waals surface area contributed by atoms with E-state index in [0.29, 0.717) is 18.4 Å². The molecule has 0 spiro atoms. The van der Waals surface area contributed by atoms with Crippen molar-refractivity contribution in [3.05, 3.63) is 59.4 Å². The summed E-state index contributed by atoms with van der Waals surface area (Å²) in [5, 5.41) is 4.51. The molecule has 2 aliphatic rings. The Morgan fingerprint density at radius 1 is 0.889 bits per heavy atom. The number of hydrogen-bond donors (Lipinski definition) is 3. The fourth-order valence-corrected chi connectivity index (χ4v) is 6.78. The highest BCUT2D eigenvalue weighted by atomic mass is 32.2. The zero-order chi connectivity index (χ0) is 33.3. The highest BCUT2D eigenvalue weighted by Gasteiger charge is 2.46. The topological polar surface area (TPSA) is 125 Å². The van der Waals surface area contributed by atoms with Crippen LogP contribution in [0.25, 0.3) is 0 Å². The zero-order valence-corrected chi connectivity index (χ0v) is 24.5. The summed E-state index contributed by atoms with van der Waals surface area (Å²) in [5.41, 5.74) is -0.200. The van der Waals surface area contributed by atoms with Gasteiger partial charge in [0.25, 0.3) is 0 Å². The monoisotopic (exact) mass is 666 g/mol. The molecule has 246 valence electrons. The van der Waals surface area contributed by atoms with Gasteiger partial charge >= 0.3 is 24.2 Å². The van der Waals surface area contributed by atoms with Gasteiger partial charge < -0.3 is 15.5 Å². The van der Waals surface area contributed by atoms with E-state index >= 15 is 0 Å². The Bertz CT molecular complexity index is 1540. The minimum atomic E-state index is -5.32. The summed E-state index contributed by atoms with van der Waals surface area (Å²) in [6.07, 6.45) is -10.0. The van der Waals surface area contributed by atoms with Gasteiger partial charge in [-0.25, -0.2) is 17.5 Å². The maximum Gasteiger partial charge on any atom is 0.471 e. The summed E-state index contributed by atoms with van der Waals surface area (Å²) in [7, 11) is -4.38. The number of amides is 3. The minimum absolute atomic E-state index is 0.255. The number of hydrogen-bond acceptors (Lipinski definition) is 5. The van der Waals surface area contributed by atoms with E-state index in [4.69, 9.17) is 0 Å². The molecule has 9 nitrogen and oxygen atoms in total. The third-order valence-corrected chi connectivity index (χ3v) is 9.33. The van der Waals surface area contributed by atoms with Crippen LogP contribution in [0.4, 0.5) is 36.4 Å². The summed E-state index contributed by atoms with van der Waals surface area (Å²) in [6.45, 7) is 1.05. The van der Waals surface area contributed by atoms with Crippen LogP contribution in [0.5, 0.6) is 0 Å². The fourth-order valence-electron chi connectivity index (χ4n) is 5.44. The third-order valence-electron chi connectivity index (χ3n) is 7.82. The standard InChI is InChI=1S/C28H29F7N4O5S/c1-15(16-2-6-18(29)7-3-16)36-24(40)17-4-8-19(9-5-17)38-45(43,44)20-10-11-23-21(14-20)22(37-25(41)27(30,31)32)12-13-39(23)26(42)28(33,34)35/h2-3,6-7,10-11,14-15,17,19,22,38H,4-5,8-9,12-13H2,1H3,(H,36,40)(H,37,41)/t15-,17?,19?,22?/m1/s1. The lowest BCUT2D eigenvalue weighted by Crippen LogP contribution is -2.48. The van der Waals surface area contributed by atoms with Crippen molar-refractivity contribution in [2.45, 2.75) is 74.4 Å². The average Bonchev–Trinajstić information content (AvgIpc) is 2.96. The Kier molecular flexibility index (Phi) is 9.82. The smallest absolute Gasteiger partial charge is 0.349 e. The molecule has 0 bridgehead atoms. The Hall–Kier alpha value is -3.73. The van der Waals surface area contributed by atoms with Gasteiger partial charge in [0, 0.05) is 24.2 Å². The summed E-state index contributed by atoms with van der Waals surface area (Å²) in [4.78, 5) is 36.2. The van der Waals surface area contributed by atoms with Crippen LogP contribution in [0.15, 0.2) is 47.4 Å². The summed E-state index contributed by atoms with van der Waals surface area (Å²) >= 11 is 0. The van der Waals surface area contributed by atoms with Crippen molar-refractivity contribution in [1.82, 2.24) is 15.4 Å². The van der Waals surface area contributed by atoms with Crippen LogP contribution in [0, 0.1) is 11.7 Å². The lowest BCUT2D eigenvalue weighted by Gasteiger charge is -2.35. The lowest BCUT2D eigenvalue weighted by atomic mass is 9.85. The van der Waals surface area contributed by atoms with E-state index in [-0.39, 0.29) is 23.6 Å². The van der Waals surface area contributed by atoms with Crippen LogP contribution in [0.3, 0.4) is 0 Å². The van der Waals surface area contributed by atoms with Crippen molar-refractivity contribution in [2.24, 2.45) is 5.92 Å². The van der Waals surface area contributed by atoms with Gasteiger partial charge in [-0.2, -0.15) is 26.3 Å². The first-order valence-electron chi connectivity index (χ1n) is 13.9. The van der Waals surface area contributed by atoms with E-state index < -0.39 is 93.2 Å². The number of carbonyl (C=O) groups excluding carboxylic acids is 3. The van der Waals surface area contributed by atoms with Crippen molar-refractivity contribution in [3.63, 3.8) is 0 Å². The minimum Gasteiger partial charge on any atom is -0.349 e. The summed E-state index contributed by atoms with van der Waals surface area (Å²) < 4.78 is 121. The van der Waals surface area contributed by atoms with Crippen molar-refractivity contribution in [3.8, 4) is 0 Å². The van der Waals surface area contributed by atoms with Crippen LogP contribution in [-0.4, -0.2) is 51.1 Å². The number of benzene rings is 2. The molecule has 1 heterocycles. The molecule has 1 unspecified atom stereocenters. The zero-order valence-electron chi connectivity index (χ0n) is 23.6. The first kappa shape index (κ1) is 34.1. The molecular formula is C28H29F7N4O5S. The molecule has 4 rings (SSSR count). The number of carbonyl (C=O) groups is 3. The van der Waals surface area contributed by atoms with Crippen molar-refractivity contribution in [1.29, 1.82) is 0 Å². The van der Waals surface area contributed by atoms with Crippen LogP contribution in [0.1, 0.15) is 62.2 Å². The molecule has 1 aliphatic heterocycles. The number of nitrogens with zero attached hydrogens (tertiary/aromatic N) is 1. The molecule has 3 amide bonds. The molecule has 0 saturated heterocycles. The summed E-state index contributed by atoms with van der Waals surface area (Å²) in [5.74, 6) is -5.78. The molecule has 45 heavy (non-hydrogen) atoms. The van der Waals surface area contributed by atoms with Crippen LogP contribution < -0.4 is 20.3 Å². The predicted octanol–water partition coefficient (Wildman–Crippen LogP) is 4.56. The van der Waals surface area contributed by atoms with Gasteiger partial charge in [-0.3, -0.25) is 14.4 Å². The molecule has 2 aromatic rings. The van der Waals surface area contributed by atoms with Crippen LogP contribution in [-0.2, 0) is 24.4 Å². The van der Waals surface area contributed by atoms with Crippen molar-refractivity contribution >= 4 is 33.4 Å². The molecule has 1 aliphatic carbocycles. The quantitative estimate of drug-likeness (QED) is 0.374. The first-order chi connectivity index (χ1) is 20.9. The molecule has 0 radical (unpaired) electrons. The van der Waals surface area contributed by atoms with Gasteiger partial charge in [0.15, 0.2) is 0 Å². The van der Waals surface area contributed by atoms with Gasteiger partial charge in [0.2, 0.25) is 15.9 Å². The summed E-state index contributed by atoms with van der Waals surface area (Å²) in [6, 6.07) is 5.71. The lowest BCUT2D eigenvalue weighted by molar-refractivity contribution is -0.174. The predicted molar refractivity (Wildman–Crippen MR) is 145 cm³/mol. The highest BCUT2D eigenvalue weighted by molar-refractivity contribution is 7.89. The highest BCUT2D eigenvalue weighted by Crippen LogP contribution is 2.38. The van der Waals surface area contributed by atoms with Crippen LogP contribution in [0.2, 0.25) is 0 Å². The van der Waals surface area contributed by atoms with E-state index in [1.54, 1.807) is 24.4 Å². The van der Waals surface area contributed by atoms with Gasteiger partial charge in [-0.05, 0) is 80.5 Å². The average molecular weight is 667 g/mol. The van der Waals surface area contributed by atoms with E-state index in [2.05, 4.69) is 10.0 Å². The maximum absolute atomic E-state index is 13.2. The maximum atomic E-state index is 13.2. The van der Waals surface area contributed by atoms with Gasteiger partial charge in [0.05, 0.1) is 17.0 Å². The second kappa shape index (κ2) is 12.9. The largest absolute Gasteiger partial charge is 0.471 e. The van der Waals surface area contributed by atoms with Gasteiger partial charge in [-0.1, -0.05) is 12.1 Å². The number of fused-ring (bicyclic) bond motifs is 1. The molecule has 1 fully saturated rings. The molecule has 17 heteroatoms. The number of rotatable bonds is 7. The Morgan fingerprint density at radius 2 is 1.51 bits per heavy atom. The van der Waals surface area contributed by atoms with E-state index in [1.807, 2.05) is 0 Å². The molecule has 3 N–H and O–H groups in total. The Morgan fingerprint density at radius 3 is 2.09 bits per heavy atom. The van der Waals surface area contributed by atoms with Gasteiger partial charge in [-0.15, -0.1) is 0 Å². The fraction of sp³-hybridized carbons (Fsp3) is 0.464. The molecule has 2 aromatic carbocycles.